The second kappa shape index (κ2) is 4.79. The summed E-state index contributed by atoms with van der Waals surface area (Å²) in [5.74, 6) is -0.748. The van der Waals surface area contributed by atoms with Crippen LogP contribution >= 0.6 is 28.1 Å². The molecule has 0 spiro atoms. The molecule has 2 aromatic carbocycles. The number of nitrogens with one attached hydrogen (secondary N) is 1. The maximum absolute atomic E-state index is 13.7. The maximum atomic E-state index is 13.7. The van der Waals surface area contributed by atoms with Crippen LogP contribution in [0, 0.1) is 23.3 Å². The lowest BCUT2D eigenvalue weighted by Gasteiger charge is -2.06. The van der Waals surface area contributed by atoms with Gasteiger partial charge in [-0.25, -0.2) is 8.78 Å². The molecule has 0 aliphatic rings. The van der Waals surface area contributed by atoms with Crippen molar-refractivity contribution >= 4 is 39.2 Å². The van der Waals surface area contributed by atoms with Gasteiger partial charge in [-0.3, -0.25) is 4.57 Å². The molecule has 3 rings (SSSR count). The lowest BCUT2D eigenvalue weighted by Crippen LogP contribution is -1.96. The molecule has 0 saturated heterocycles. The van der Waals surface area contributed by atoms with Crippen LogP contribution in [0.1, 0.15) is 5.56 Å². The number of imidazole rings is 1. The quantitative estimate of drug-likeness (QED) is 0.607. The molecule has 0 radical (unpaired) electrons. The summed E-state index contributed by atoms with van der Waals surface area (Å²) in [6.07, 6.45) is 0. The van der Waals surface area contributed by atoms with Gasteiger partial charge >= 0.3 is 0 Å². The van der Waals surface area contributed by atoms with Gasteiger partial charge in [-0.2, -0.15) is 0 Å². The normalized spacial score (nSPS) is 11.2. The van der Waals surface area contributed by atoms with Crippen LogP contribution in [0.25, 0.3) is 16.7 Å². The zero-order valence-corrected chi connectivity index (χ0v) is 12.8. The minimum Gasteiger partial charge on any atom is -0.330 e. The van der Waals surface area contributed by atoms with E-state index in [1.54, 1.807) is 23.6 Å². The molecule has 6 heteroatoms. The first kappa shape index (κ1) is 13.5. The molecule has 0 saturated carbocycles. The molecule has 102 valence electrons. The molecule has 0 amide bonds. The largest absolute Gasteiger partial charge is 0.330 e. The molecule has 1 heterocycles. The van der Waals surface area contributed by atoms with Gasteiger partial charge in [0.1, 0.15) is 11.6 Å². The summed E-state index contributed by atoms with van der Waals surface area (Å²) in [6.45, 7) is 1.79. The number of hydrogen-bond donors (Lipinski definition) is 1. The molecule has 3 aromatic rings. The van der Waals surface area contributed by atoms with E-state index in [-0.39, 0.29) is 5.82 Å². The molecule has 1 N–H and O–H groups in total. The summed E-state index contributed by atoms with van der Waals surface area (Å²) in [5, 5.41) is 0. The Bertz CT molecular complexity index is 862. The summed E-state index contributed by atoms with van der Waals surface area (Å²) in [5.41, 5.74) is 2.60. The highest BCUT2D eigenvalue weighted by atomic mass is 79.9. The van der Waals surface area contributed by atoms with Gasteiger partial charge in [0.15, 0.2) is 4.77 Å². The minimum absolute atomic E-state index is 0.351. The zero-order chi connectivity index (χ0) is 14.4. The fraction of sp³-hybridized carbons (Fsp3) is 0.0714. The molecular formula is C14H9BrF2N2S. The van der Waals surface area contributed by atoms with E-state index in [0.29, 0.717) is 26.0 Å². The molecule has 0 atom stereocenters. The van der Waals surface area contributed by atoms with Gasteiger partial charge in [-0.1, -0.05) is 0 Å². The Morgan fingerprint density at radius 2 is 1.90 bits per heavy atom. The van der Waals surface area contributed by atoms with Crippen molar-refractivity contribution in [1.82, 2.24) is 9.55 Å². The number of halogens is 3. The van der Waals surface area contributed by atoms with Gasteiger partial charge in [-0.15, -0.1) is 0 Å². The van der Waals surface area contributed by atoms with E-state index in [1.807, 2.05) is 0 Å². The molecule has 0 aliphatic heterocycles. The predicted molar refractivity (Wildman–Crippen MR) is 80.8 cm³/mol. The summed E-state index contributed by atoms with van der Waals surface area (Å²) in [7, 11) is 0. The number of H-pyrrole nitrogens is 1. The topological polar surface area (TPSA) is 20.7 Å². The third kappa shape index (κ3) is 2.19. The third-order valence-corrected chi connectivity index (χ3v) is 3.90. The van der Waals surface area contributed by atoms with Crippen LogP contribution in [0.5, 0.6) is 0 Å². The van der Waals surface area contributed by atoms with Crippen LogP contribution in [-0.4, -0.2) is 9.55 Å². The zero-order valence-electron chi connectivity index (χ0n) is 10.4. The summed E-state index contributed by atoms with van der Waals surface area (Å²) < 4.78 is 29.6. The molecule has 0 fully saturated rings. The highest BCUT2D eigenvalue weighted by Crippen LogP contribution is 2.26. The molecule has 0 bridgehead atoms. The van der Waals surface area contributed by atoms with Crippen LogP contribution in [-0.2, 0) is 0 Å². The first-order valence-electron chi connectivity index (χ1n) is 5.83. The Morgan fingerprint density at radius 1 is 1.15 bits per heavy atom. The molecular weight excluding hydrogens is 346 g/mol. The Labute approximate surface area is 127 Å². The Hall–Kier alpha value is -1.53. The fourth-order valence-corrected chi connectivity index (χ4v) is 2.86. The monoisotopic (exact) mass is 354 g/mol. The Kier molecular flexibility index (Phi) is 3.22. The number of fused-ring (bicyclic) bond motifs is 1. The third-order valence-electron chi connectivity index (χ3n) is 3.01. The maximum Gasteiger partial charge on any atom is 0.182 e. The van der Waals surface area contributed by atoms with E-state index >= 15 is 0 Å². The minimum atomic E-state index is -0.395. The van der Waals surface area contributed by atoms with Gasteiger partial charge in [0.25, 0.3) is 0 Å². The van der Waals surface area contributed by atoms with Crippen molar-refractivity contribution in [2.24, 2.45) is 0 Å². The summed E-state index contributed by atoms with van der Waals surface area (Å²) >= 11 is 8.39. The molecule has 20 heavy (non-hydrogen) atoms. The highest BCUT2D eigenvalue weighted by molar-refractivity contribution is 9.10. The number of aryl methyl sites for hydroxylation is 1. The van der Waals surface area contributed by atoms with E-state index in [0.717, 1.165) is 5.56 Å². The van der Waals surface area contributed by atoms with Crippen molar-refractivity contribution in [2.75, 3.05) is 0 Å². The number of aromatic amines is 1. The second-order valence-electron chi connectivity index (χ2n) is 4.54. The number of nitrogens with zero attached hydrogens (tertiary/aromatic N) is 1. The molecule has 0 unspecified atom stereocenters. The molecule has 2 nitrogen and oxygen atoms in total. The van der Waals surface area contributed by atoms with Crippen LogP contribution in [0.4, 0.5) is 8.78 Å². The fourth-order valence-electron chi connectivity index (χ4n) is 2.20. The molecule has 1 aromatic heterocycles. The van der Waals surface area contributed by atoms with Crippen molar-refractivity contribution in [3.8, 4) is 5.69 Å². The number of aromatic nitrogens is 2. The first-order chi connectivity index (χ1) is 9.45. The summed E-state index contributed by atoms with van der Waals surface area (Å²) in [4.78, 5) is 2.99. The average molecular weight is 355 g/mol. The SMILES string of the molecule is Cc1cc(F)cc(-n2c(=S)[nH]c3cc(Br)c(F)cc32)c1. The highest BCUT2D eigenvalue weighted by Gasteiger charge is 2.11. The second-order valence-corrected chi connectivity index (χ2v) is 5.78. The van der Waals surface area contributed by atoms with Gasteiger partial charge in [0, 0.05) is 6.07 Å². The van der Waals surface area contributed by atoms with E-state index in [9.17, 15) is 8.78 Å². The standard InChI is InChI=1S/C14H9BrF2N2S/c1-7-2-8(16)4-9(3-7)19-13-6-11(17)10(15)5-12(13)18-14(19)20/h2-6H,1H3,(H,18,20). The first-order valence-corrected chi connectivity index (χ1v) is 7.03. The van der Waals surface area contributed by atoms with Crippen LogP contribution in [0.2, 0.25) is 0 Å². The number of benzene rings is 2. The van der Waals surface area contributed by atoms with Crippen LogP contribution in [0.3, 0.4) is 0 Å². The van der Waals surface area contributed by atoms with Gasteiger partial charge in [-0.05, 0) is 64.9 Å². The predicted octanol–water partition coefficient (Wildman–Crippen LogP) is 5.04. The van der Waals surface area contributed by atoms with Gasteiger partial charge in [0.2, 0.25) is 0 Å². The van der Waals surface area contributed by atoms with E-state index in [2.05, 4.69) is 20.9 Å². The number of hydrogen-bond acceptors (Lipinski definition) is 1. The van der Waals surface area contributed by atoms with Gasteiger partial charge in [0.05, 0.1) is 21.2 Å². The lowest BCUT2D eigenvalue weighted by atomic mass is 10.2. The smallest absolute Gasteiger partial charge is 0.182 e. The number of rotatable bonds is 1. The van der Waals surface area contributed by atoms with Crippen LogP contribution < -0.4 is 0 Å². The van der Waals surface area contributed by atoms with E-state index in [4.69, 9.17) is 12.2 Å². The summed E-state index contributed by atoms with van der Waals surface area (Å²) in [6, 6.07) is 7.58. The molecule has 0 aliphatic carbocycles. The van der Waals surface area contributed by atoms with Crippen molar-refractivity contribution in [2.45, 2.75) is 6.92 Å². The van der Waals surface area contributed by atoms with E-state index in [1.165, 1.54) is 18.2 Å². The Morgan fingerprint density at radius 3 is 2.60 bits per heavy atom. The lowest BCUT2D eigenvalue weighted by molar-refractivity contribution is 0.622. The van der Waals surface area contributed by atoms with Crippen LogP contribution in [0.15, 0.2) is 34.8 Å². The average Bonchev–Trinajstić information content (AvgIpc) is 2.64. The Balaban J connectivity index is 2.38. The van der Waals surface area contributed by atoms with Crippen molar-refractivity contribution in [3.63, 3.8) is 0 Å². The van der Waals surface area contributed by atoms with Gasteiger partial charge < -0.3 is 4.98 Å². The van der Waals surface area contributed by atoms with Crippen molar-refractivity contribution in [3.05, 3.63) is 56.8 Å². The van der Waals surface area contributed by atoms with E-state index < -0.39 is 5.82 Å². The van der Waals surface area contributed by atoms with Crippen molar-refractivity contribution in [1.29, 1.82) is 0 Å². The van der Waals surface area contributed by atoms with Crippen molar-refractivity contribution < 1.29 is 8.78 Å².